The second-order valence-electron chi connectivity index (χ2n) is 7.95. The van der Waals surface area contributed by atoms with Gasteiger partial charge in [0.05, 0.1) is 14.2 Å². The number of benzene rings is 3. The molecule has 0 aliphatic carbocycles. The summed E-state index contributed by atoms with van der Waals surface area (Å²) in [5.41, 5.74) is 7.07. The molecule has 0 fully saturated rings. The third kappa shape index (κ3) is 4.09. The number of ether oxygens (including phenoxy) is 2. The zero-order valence-electron chi connectivity index (χ0n) is 19.0. The number of thiophene rings is 1. The van der Waals surface area contributed by atoms with Crippen molar-refractivity contribution in [3.63, 3.8) is 0 Å². The lowest BCUT2D eigenvalue weighted by atomic mass is 9.85. The van der Waals surface area contributed by atoms with Crippen molar-refractivity contribution in [1.29, 1.82) is 0 Å². The van der Waals surface area contributed by atoms with E-state index in [4.69, 9.17) is 9.47 Å². The van der Waals surface area contributed by atoms with Gasteiger partial charge in [-0.3, -0.25) is 0 Å². The molecule has 3 aromatic carbocycles. The number of rotatable bonds is 7. The van der Waals surface area contributed by atoms with Crippen LogP contribution in [0.2, 0.25) is 0 Å². The van der Waals surface area contributed by atoms with E-state index in [9.17, 15) is 0 Å². The van der Waals surface area contributed by atoms with Crippen LogP contribution in [-0.4, -0.2) is 14.2 Å². The van der Waals surface area contributed by atoms with E-state index < -0.39 is 0 Å². The summed E-state index contributed by atoms with van der Waals surface area (Å²) in [6.07, 6.45) is 1.95. The summed E-state index contributed by atoms with van der Waals surface area (Å²) in [6, 6.07) is 25.4. The third-order valence-corrected chi connectivity index (χ3v) is 6.85. The first-order valence-corrected chi connectivity index (χ1v) is 11.6. The van der Waals surface area contributed by atoms with Crippen molar-refractivity contribution in [3.8, 4) is 43.5 Å². The summed E-state index contributed by atoms with van der Waals surface area (Å²) in [6.45, 7) is 8.58. The van der Waals surface area contributed by atoms with Gasteiger partial charge in [-0.05, 0) is 52.4 Å². The summed E-state index contributed by atoms with van der Waals surface area (Å²) in [7, 11) is 3.39. The van der Waals surface area contributed by atoms with Crippen molar-refractivity contribution in [1.82, 2.24) is 0 Å². The van der Waals surface area contributed by atoms with E-state index in [-0.39, 0.29) is 0 Å². The van der Waals surface area contributed by atoms with Crippen LogP contribution in [0, 0.1) is 0 Å². The topological polar surface area (TPSA) is 18.5 Å². The minimum absolute atomic E-state index is 0.350. The van der Waals surface area contributed by atoms with Gasteiger partial charge in [-0.15, -0.1) is 11.3 Å². The highest BCUT2D eigenvalue weighted by Gasteiger charge is 2.22. The lowest BCUT2D eigenvalue weighted by Crippen LogP contribution is -1.99. The number of hydrogen-bond acceptors (Lipinski definition) is 3. The van der Waals surface area contributed by atoms with Gasteiger partial charge in [-0.2, -0.15) is 0 Å². The lowest BCUT2D eigenvalue weighted by Gasteiger charge is -2.21. The van der Waals surface area contributed by atoms with Gasteiger partial charge in [0.1, 0.15) is 11.5 Å². The Morgan fingerprint density at radius 1 is 0.812 bits per heavy atom. The van der Waals surface area contributed by atoms with Crippen LogP contribution in [0.25, 0.3) is 38.1 Å². The molecule has 0 N–H and O–H groups in total. The first-order valence-electron chi connectivity index (χ1n) is 10.7. The fourth-order valence-electron chi connectivity index (χ4n) is 4.08. The highest BCUT2D eigenvalue weighted by Crippen LogP contribution is 2.47. The molecular formula is C29H28O2S. The third-order valence-electron chi connectivity index (χ3n) is 5.70. The molecule has 0 unspecified atom stereocenters. The maximum atomic E-state index is 5.81. The molecule has 162 valence electrons. The van der Waals surface area contributed by atoms with Gasteiger partial charge in [0.15, 0.2) is 0 Å². The number of hydrogen-bond donors (Lipinski definition) is 0. The molecule has 3 heteroatoms. The summed E-state index contributed by atoms with van der Waals surface area (Å²) in [4.78, 5) is 2.47. The van der Waals surface area contributed by atoms with Crippen molar-refractivity contribution in [2.24, 2.45) is 0 Å². The maximum absolute atomic E-state index is 5.81. The highest BCUT2D eigenvalue weighted by molar-refractivity contribution is 7.18. The first kappa shape index (κ1) is 21.9. The standard InChI is InChI=1S/C29H28O2S/c1-6-20-12-14-23(19(2)3)29(24-15-13-22(30-4)18-25(24)31-5)28(20)27-17-16-26(32-27)21-10-8-7-9-11-21/h6-19H,1H2,2-5H3. The molecule has 0 saturated carbocycles. The minimum atomic E-state index is 0.350. The van der Waals surface area contributed by atoms with Gasteiger partial charge >= 0.3 is 0 Å². The molecule has 0 aliphatic rings. The van der Waals surface area contributed by atoms with Crippen molar-refractivity contribution >= 4 is 17.4 Å². The van der Waals surface area contributed by atoms with Crippen LogP contribution < -0.4 is 9.47 Å². The fourth-order valence-corrected chi connectivity index (χ4v) is 5.16. The van der Waals surface area contributed by atoms with Crippen LogP contribution in [0.3, 0.4) is 0 Å². The second kappa shape index (κ2) is 9.46. The van der Waals surface area contributed by atoms with E-state index in [1.807, 2.05) is 24.3 Å². The van der Waals surface area contributed by atoms with E-state index >= 15 is 0 Å². The molecule has 0 radical (unpaired) electrons. The van der Waals surface area contributed by atoms with E-state index in [1.165, 1.54) is 32.0 Å². The maximum Gasteiger partial charge on any atom is 0.130 e. The van der Waals surface area contributed by atoms with Gasteiger partial charge in [-0.1, -0.05) is 69.0 Å². The van der Waals surface area contributed by atoms with Gasteiger partial charge in [0.2, 0.25) is 0 Å². The molecule has 4 rings (SSSR count). The Morgan fingerprint density at radius 3 is 2.22 bits per heavy atom. The molecule has 0 saturated heterocycles. The van der Waals surface area contributed by atoms with Crippen LogP contribution >= 0.6 is 11.3 Å². The van der Waals surface area contributed by atoms with Crippen LogP contribution in [0.15, 0.2) is 79.4 Å². The van der Waals surface area contributed by atoms with E-state index in [0.29, 0.717) is 5.92 Å². The normalized spacial score (nSPS) is 10.9. The lowest BCUT2D eigenvalue weighted by molar-refractivity contribution is 0.395. The molecule has 0 spiro atoms. The molecule has 0 amide bonds. The molecule has 32 heavy (non-hydrogen) atoms. The Bertz CT molecular complexity index is 1240. The van der Waals surface area contributed by atoms with Crippen LogP contribution in [0.1, 0.15) is 30.9 Å². The van der Waals surface area contributed by atoms with Crippen LogP contribution in [-0.2, 0) is 0 Å². The molecule has 0 aliphatic heterocycles. The zero-order valence-corrected chi connectivity index (χ0v) is 19.8. The molecular weight excluding hydrogens is 412 g/mol. The van der Waals surface area contributed by atoms with Gasteiger partial charge in [0.25, 0.3) is 0 Å². The number of methoxy groups -OCH3 is 2. The molecule has 1 aromatic heterocycles. The molecule has 0 atom stereocenters. The van der Waals surface area contributed by atoms with Gasteiger partial charge < -0.3 is 9.47 Å². The second-order valence-corrected chi connectivity index (χ2v) is 9.03. The van der Waals surface area contributed by atoms with E-state index in [1.54, 1.807) is 25.6 Å². The monoisotopic (exact) mass is 440 g/mol. The first-order chi connectivity index (χ1) is 15.6. The van der Waals surface area contributed by atoms with Crippen molar-refractivity contribution < 1.29 is 9.47 Å². The largest absolute Gasteiger partial charge is 0.497 e. The minimum Gasteiger partial charge on any atom is -0.497 e. The van der Waals surface area contributed by atoms with Crippen LogP contribution in [0.4, 0.5) is 0 Å². The summed E-state index contributed by atoms with van der Waals surface area (Å²) in [5, 5.41) is 0. The fraction of sp³-hybridized carbons (Fsp3) is 0.172. The molecule has 0 bridgehead atoms. The average molecular weight is 441 g/mol. The zero-order chi connectivity index (χ0) is 22.7. The molecule has 4 aromatic rings. The van der Waals surface area contributed by atoms with E-state index in [2.05, 4.69) is 75.0 Å². The Kier molecular flexibility index (Phi) is 6.48. The summed E-state index contributed by atoms with van der Waals surface area (Å²) < 4.78 is 11.3. The highest BCUT2D eigenvalue weighted by atomic mass is 32.1. The summed E-state index contributed by atoms with van der Waals surface area (Å²) in [5.74, 6) is 1.93. The smallest absolute Gasteiger partial charge is 0.130 e. The Morgan fingerprint density at radius 2 is 1.56 bits per heavy atom. The van der Waals surface area contributed by atoms with E-state index in [0.717, 1.165) is 22.6 Å². The van der Waals surface area contributed by atoms with Crippen LogP contribution in [0.5, 0.6) is 11.5 Å². The summed E-state index contributed by atoms with van der Waals surface area (Å²) >= 11 is 1.81. The molecule has 2 nitrogen and oxygen atoms in total. The van der Waals surface area contributed by atoms with Gasteiger partial charge in [-0.25, -0.2) is 0 Å². The van der Waals surface area contributed by atoms with Gasteiger partial charge in [0, 0.05) is 26.9 Å². The Balaban J connectivity index is 2.01. The average Bonchev–Trinajstić information content (AvgIpc) is 3.33. The predicted octanol–water partition coefficient (Wildman–Crippen LogP) is 8.53. The predicted molar refractivity (Wildman–Crippen MR) is 138 cm³/mol. The quantitative estimate of drug-likeness (QED) is 0.287. The van der Waals surface area contributed by atoms with Crippen molar-refractivity contribution in [2.45, 2.75) is 19.8 Å². The Hall–Kier alpha value is -3.30. The molecule has 1 heterocycles. The SMILES string of the molecule is C=Cc1ccc(C(C)C)c(-c2ccc(OC)cc2OC)c1-c1ccc(-c2ccccc2)s1. The van der Waals surface area contributed by atoms with Crippen molar-refractivity contribution in [2.75, 3.05) is 14.2 Å². The van der Waals surface area contributed by atoms with Crippen molar-refractivity contribution in [3.05, 3.63) is 90.5 Å². The Labute approximate surface area is 194 Å².